The number of aromatic nitrogens is 2. The lowest BCUT2D eigenvalue weighted by molar-refractivity contribution is 0.414. The predicted octanol–water partition coefficient (Wildman–Crippen LogP) is 3.41. The summed E-state index contributed by atoms with van der Waals surface area (Å²) in [5.74, 6) is 0.813. The maximum atomic E-state index is 6.46. The van der Waals surface area contributed by atoms with Crippen molar-refractivity contribution >= 4 is 22.7 Å². The molecule has 1 atom stereocenters. The summed E-state index contributed by atoms with van der Waals surface area (Å²) in [5, 5.41) is 1.72. The highest BCUT2D eigenvalue weighted by atomic mass is 32.2. The van der Waals surface area contributed by atoms with Crippen molar-refractivity contribution in [3.05, 3.63) is 59.8 Å². The van der Waals surface area contributed by atoms with Crippen molar-refractivity contribution in [1.82, 2.24) is 9.97 Å². The van der Waals surface area contributed by atoms with E-state index in [1.807, 2.05) is 54.8 Å². The van der Waals surface area contributed by atoms with E-state index in [0.717, 1.165) is 33.1 Å². The van der Waals surface area contributed by atoms with Crippen molar-refractivity contribution in [3.63, 3.8) is 0 Å². The van der Waals surface area contributed by atoms with Gasteiger partial charge in [-0.15, -0.1) is 0 Å². The molecule has 22 heavy (non-hydrogen) atoms. The molecule has 1 aromatic heterocycles. The Morgan fingerprint density at radius 3 is 2.45 bits per heavy atom. The minimum Gasteiger partial charge on any atom is -0.497 e. The predicted molar refractivity (Wildman–Crippen MR) is 90.3 cm³/mol. The Morgan fingerprint density at radius 1 is 1.05 bits per heavy atom. The maximum Gasteiger partial charge on any atom is 0.188 e. The zero-order valence-electron chi connectivity index (χ0n) is 12.5. The van der Waals surface area contributed by atoms with Gasteiger partial charge in [-0.3, -0.25) is 0 Å². The molecule has 0 spiro atoms. The summed E-state index contributed by atoms with van der Waals surface area (Å²) in [5.41, 5.74) is 9.22. The molecule has 112 valence electrons. The van der Waals surface area contributed by atoms with Crippen LogP contribution in [0.3, 0.4) is 0 Å². The van der Waals surface area contributed by atoms with Gasteiger partial charge >= 0.3 is 0 Å². The van der Waals surface area contributed by atoms with Crippen LogP contribution < -0.4 is 10.5 Å². The number of fused-ring (bicyclic) bond motifs is 1. The van der Waals surface area contributed by atoms with Gasteiger partial charge in [0.05, 0.1) is 24.4 Å². The Morgan fingerprint density at radius 2 is 1.77 bits per heavy atom. The lowest BCUT2D eigenvalue weighted by Crippen LogP contribution is -2.15. The first-order chi connectivity index (χ1) is 10.7. The SMILES string of the molecule is COc1ccc(C(N)c2nc(SC)nc3ccccc23)cc1. The second-order valence-corrected chi connectivity index (χ2v) is 5.64. The summed E-state index contributed by atoms with van der Waals surface area (Å²) >= 11 is 1.52. The van der Waals surface area contributed by atoms with Gasteiger partial charge in [0.1, 0.15) is 5.75 Å². The molecular formula is C17H17N3OS. The third-order valence-corrected chi connectivity index (χ3v) is 4.11. The van der Waals surface area contributed by atoms with Gasteiger partial charge in [0, 0.05) is 5.39 Å². The van der Waals surface area contributed by atoms with Crippen LogP contribution in [0.25, 0.3) is 10.9 Å². The van der Waals surface area contributed by atoms with Gasteiger partial charge in [0.2, 0.25) is 0 Å². The number of hydrogen-bond donors (Lipinski definition) is 1. The molecule has 1 heterocycles. The Bertz CT molecular complexity index is 790. The number of rotatable bonds is 4. The Balaban J connectivity index is 2.10. The molecule has 0 aliphatic heterocycles. The van der Waals surface area contributed by atoms with E-state index in [9.17, 15) is 0 Å². The molecule has 0 aliphatic rings. The zero-order chi connectivity index (χ0) is 15.5. The van der Waals surface area contributed by atoms with Crippen LogP contribution in [0.1, 0.15) is 17.3 Å². The summed E-state index contributed by atoms with van der Waals surface area (Å²) in [7, 11) is 1.65. The van der Waals surface area contributed by atoms with Crippen LogP contribution in [0.2, 0.25) is 0 Å². The molecule has 3 rings (SSSR count). The minimum atomic E-state index is -0.301. The largest absolute Gasteiger partial charge is 0.497 e. The fraction of sp³-hybridized carbons (Fsp3) is 0.176. The van der Waals surface area contributed by atoms with Crippen molar-refractivity contribution in [3.8, 4) is 5.75 Å². The lowest BCUT2D eigenvalue weighted by atomic mass is 10.0. The van der Waals surface area contributed by atoms with Crippen LogP contribution in [0, 0.1) is 0 Å². The first-order valence-corrected chi connectivity index (χ1v) is 8.15. The van der Waals surface area contributed by atoms with Gasteiger partial charge in [-0.1, -0.05) is 42.1 Å². The van der Waals surface area contributed by atoms with E-state index < -0.39 is 0 Å². The van der Waals surface area contributed by atoms with E-state index in [4.69, 9.17) is 10.5 Å². The number of para-hydroxylation sites is 1. The third kappa shape index (κ3) is 2.77. The second-order valence-electron chi connectivity index (χ2n) is 4.86. The van der Waals surface area contributed by atoms with Crippen LogP contribution in [0.5, 0.6) is 5.75 Å². The Hall–Kier alpha value is -2.11. The van der Waals surface area contributed by atoms with E-state index in [1.54, 1.807) is 7.11 Å². The van der Waals surface area contributed by atoms with Gasteiger partial charge in [-0.2, -0.15) is 0 Å². The molecule has 1 unspecified atom stereocenters. The molecule has 0 radical (unpaired) electrons. The Labute approximate surface area is 133 Å². The average Bonchev–Trinajstić information content (AvgIpc) is 2.60. The maximum absolute atomic E-state index is 6.46. The fourth-order valence-electron chi connectivity index (χ4n) is 2.38. The molecule has 4 nitrogen and oxygen atoms in total. The summed E-state index contributed by atoms with van der Waals surface area (Å²) in [6.45, 7) is 0. The summed E-state index contributed by atoms with van der Waals surface area (Å²) < 4.78 is 5.19. The molecule has 2 aromatic carbocycles. The number of nitrogens with two attached hydrogens (primary N) is 1. The van der Waals surface area contributed by atoms with E-state index >= 15 is 0 Å². The summed E-state index contributed by atoms with van der Waals surface area (Å²) in [4.78, 5) is 9.17. The topological polar surface area (TPSA) is 61.0 Å². The van der Waals surface area contributed by atoms with Crippen LogP contribution in [0.15, 0.2) is 53.7 Å². The van der Waals surface area contributed by atoms with Crippen molar-refractivity contribution in [2.24, 2.45) is 5.73 Å². The summed E-state index contributed by atoms with van der Waals surface area (Å²) in [6, 6.07) is 15.4. The van der Waals surface area contributed by atoms with Gasteiger partial charge in [0.15, 0.2) is 5.16 Å². The van der Waals surface area contributed by atoms with Crippen LogP contribution in [0.4, 0.5) is 0 Å². The van der Waals surface area contributed by atoms with Gasteiger partial charge < -0.3 is 10.5 Å². The quantitative estimate of drug-likeness (QED) is 0.591. The Kier molecular flexibility index (Phi) is 4.27. The van der Waals surface area contributed by atoms with Crippen molar-refractivity contribution in [2.45, 2.75) is 11.2 Å². The number of ether oxygens (including phenoxy) is 1. The molecule has 0 amide bonds. The van der Waals surface area contributed by atoms with Crippen LogP contribution in [-0.4, -0.2) is 23.3 Å². The third-order valence-electron chi connectivity index (χ3n) is 3.56. The molecular weight excluding hydrogens is 294 g/mol. The van der Waals surface area contributed by atoms with Crippen molar-refractivity contribution in [1.29, 1.82) is 0 Å². The highest BCUT2D eigenvalue weighted by Gasteiger charge is 2.16. The molecule has 0 bridgehead atoms. The number of thioether (sulfide) groups is 1. The smallest absolute Gasteiger partial charge is 0.188 e. The number of benzene rings is 2. The molecule has 0 saturated heterocycles. The van der Waals surface area contributed by atoms with E-state index in [-0.39, 0.29) is 6.04 Å². The first kappa shape index (κ1) is 14.8. The van der Waals surface area contributed by atoms with E-state index in [0.29, 0.717) is 0 Å². The van der Waals surface area contributed by atoms with Gasteiger partial charge in [-0.05, 0) is 30.0 Å². The highest BCUT2D eigenvalue weighted by molar-refractivity contribution is 7.98. The molecule has 5 heteroatoms. The lowest BCUT2D eigenvalue weighted by Gasteiger charge is -2.15. The minimum absolute atomic E-state index is 0.301. The molecule has 3 aromatic rings. The monoisotopic (exact) mass is 311 g/mol. The van der Waals surface area contributed by atoms with Gasteiger partial charge in [-0.25, -0.2) is 9.97 Å². The molecule has 0 fully saturated rings. The average molecular weight is 311 g/mol. The van der Waals surface area contributed by atoms with E-state index in [2.05, 4.69) is 9.97 Å². The van der Waals surface area contributed by atoms with Crippen molar-refractivity contribution in [2.75, 3.05) is 13.4 Å². The molecule has 0 aliphatic carbocycles. The number of nitrogens with zero attached hydrogens (tertiary/aromatic N) is 2. The first-order valence-electron chi connectivity index (χ1n) is 6.93. The van der Waals surface area contributed by atoms with Crippen LogP contribution >= 0.6 is 11.8 Å². The zero-order valence-corrected chi connectivity index (χ0v) is 13.3. The van der Waals surface area contributed by atoms with E-state index in [1.165, 1.54) is 11.8 Å². The van der Waals surface area contributed by atoms with Crippen LogP contribution in [-0.2, 0) is 0 Å². The standard InChI is InChI=1S/C17H17N3OS/c1-21-12-9-7-11(8-10-12)15(18)16-13-5-3-4-6-14(13)19-17(20-16)22-2/h3-10,15H,18H2,1-2H3. The second kappa shape index (κ2) is 6.34. The highest BCUT2D eigenvalue weighted by Crippen LogP contribution is 2.27. The molecule has 2 N–H and O–H groups in total. The summed E-state index contributed by atoms with van der Waals surface area (Å²) in [6.07, 6.45) is 1.97. The molecule has 0 saturated carbocycles. The fourth-order valence-corrected chi connectivity index (χ4v) is 2.76. The van der Waals surface area contributed by atoms with Crippen molar-refractivity contribution < 1.29 is 4.74 Å². The number of hydrogen-bond acceptors (Lipinski definition) is 5. The number of methoxy groups -OCH3 is 1. The normalized spacial score (nSPS) is 12.3. The van der Waals surface area contributed by atoms with Gasteiger partial charge in [0.25, 0.3) is 0 Å².